The van der Waals surface area contributed by atoms with Crippen LogP contribution in [0.25, 0.3) is 5.65 Å². The molecule has 28 heavy (non-hydrogen) atoms. The summed E-state index contributed by atoms with van der Waals surface area (Å²) < 4.78 is 1.92. The molecule has 2 aliphatic heterocycles. The Morgan fingerprint density at radius 2 is 1.79 bits per heavy atom. The van der Waals surface area contributed by atoms with Gasteiger partial charge in [-0.3, -0.25) is 18.9 Å². The SMILES string of the molecule is CC(=O)N1CCN(C(C)C)[C@@H](c2nnc3ccc(C(=O)N4CCCC4)cn23)C1. The summed E-state index contributed by atoms with van der Waals surface area (Å²) in [5.74, 6) is 0.923. The van der Waals surface area contributed by atoms with E-state index in [9.17, 15) is 9.59 Å². The Morgan fingerprint density at radius 3 is 2.46 bits per heavy atom. The molecule has 2 fully saturated rings. The highest BCUT2D eigenvalue weighted by atomic mass is 16.2. The van der Waals surface area contributed by atoms with Crippen LogP contribution in [0, 0.1) is 0 Å². The van der Waals surface area contributed by atoms with E-state index in [1.54, 1.807) is 6.92 Å². The maximum absolute atomic E-state index is 12.8. The molecule has 0 spiro atoms. The zero-order chi connectivity index (χ0) is 19.8. The van der Waals surface area contributed by atoms with Gasteiger partial charge in [0.05, 0.1) is 11.6 Å². The van der Waals surface area contributed by atoms with Crippen LogP contribution in [0.2, 0.25) is 0 Å². The molecule has 0 unspecified atom stereocenters. The number of pyridine rings is 1. The van der Waals surface area contributed by atoms with E-state index in [-0.39, 0.29) is 17.9 Å². The molecule has 2 amide bonds. The molecule has 2 aromatic heterocycles. The quantitative estimate of drug-likeness (QED) is 0.803. The molecule has 1 atom stereocenters. The summed E-state index contributed by atoms with van der Waals surface area (Å²) in [5.41, 5.74) is 1.38. The van der Waals surface area contributed by atoms with Crippen LogP contribution < -0.4 is 0 Å². The van der Waals surface area contributed by atoms with Crippen molar-refractivity contribution in [2.24, 2.45) is 0 Å². The lowest BCUT2D eigenvalue weighted by Crippen LogP contribution is -2.52. The Kier molecular flexibility index (Phi) is 5.05. The van der Waals surface area contributed by atoms with Crippen molar-refractivity contribution >= 4 is 17.5 Å². The van der Waals surface area contributed by atoms with E-state index in [2.05, 4.69) is 28.9 Å². The van der Waals surface area contributed by atoms with E-state index in [1.807, 2.05) is 32.5 Å². The van der Waals surface area contributed by atoms with Crippen molar-refractivity contribution in [3.63, 3.8) is 0 Å². The van der Waals surface area contributed by atoms with Gasteiger partial charge in [0, 0.05) is 51.9 Å². The van der Waals surface area contributed by atoms with Gasteiger partial charge >= 0.3 is 0 Å². The number of aromatic nitrogens is 3. The van der Waals surface area contributed by atoms with Gasteiger partial charge in [0.15, 0.2) is 11.5 Å². The molecule has 2 saturated heterocycles. The standard InChI is InChI=1S/C20H28N6O2/c1-14(2)25-11-10-24(15(3)27)13-17(25)19-22-21-18-7-6-16(12-26(18)19)20(28)23-8-4-5-9-23/h6-7,12,14,17H,4-5,8-11,13H2,1-3H3/t17-/m1/s1. The second-order valence-corrected chi connectivity index (χ2v) is 8.02. The topological polar surface area (TPSA) is 74.0 Å². The van der Waals surface area contributed by atoms with Crippen LogP contribution in [0.5, 0.6) is 0 Å². The molecule has 150 valence electrons. The fourth-order valence-electron chi connectivity index (χ4n) is 4.30. The summed E-state index contributed by atoms with van der Waals surface area (Å²) in [7, 11) is 0. The van der Waals surface area contributed by atoms with Crippen LogP contribution >= 0.6 is 0 Å². The number of amides is 2. The fourth-order valence-corrected chi connectivity index (χ4v) is 4.30. The van der Waals surface area contributed by atoms with E-state index < -0.39 is 0 Å². The Bertz CT molecular complexity index is 886. The van der Waals surface area contributed by atoms with Gasteiger partial charge in [0.2, 0.25) is 5.91 Å². The number of rotatable bonds is 3. The number of carbonyl (C=O) groups is 2. The molecule has 8 heteroatoms. The fraction of sp³-hybridized carbons (Fsp3) is 0.600. The molecule has 0 aliphatic carbocycles. The maximum atomic E-state index is 12.8. The highest BCUT2D eigenvalue weighted by Gasteiger charge is 2.34. The molecule has 2 aliphatic rings. The minimum Gasteiger partial charge on any atom is -0.340 e. The van der Waals surface area contributed by atoms with Gasteiger partial charge in [-0.05, 0) is 38.8 Å². The first-order chi connectivity index (χ1) is 13.5. The highest BCUT2D eigenvalue weighted by molar-refractivity contribution is 5.94. The van der Waals surface area contributed by atoms with Crippen molar-refractivity contribution in [2.45, 2.75) is 45.7 Å². The first-order valence-corrected chi connectivity index (χ1v) is 10.1. The van der Waals surface area contributed by atoms with Crippen LogP contribution in [-0.2, 0) is 4.79 Å². The minimum absolute atomic E-state index is 0.0511. The smallest absolute Gasteiger partial charge is 0.255 e. The van der Waals surface area contributed by atoms with Crippen molar-refractivity contribution < 1.29 is 9.59 Å². The summed E-state index contributed by atoms with van der Waals surface area (Å²) in [4.78, 5) is 30.9. The van der Waals surface area contributed by atoms with Gasteiger partial charge in [-0.1, -0.05) is 0 Å². The number of likely N-dealkylation sites (tertiary alicyclic amines) is 1. The van der Waals surface area contributed by atoms with Gasteiger partial charge in [-0.15, -0.1) is 10.2 Å². The van der Waals surface area contributed by atoms with Crippen LogP contribution in [0.4, 0.5) is 0 Å². The van der Waals surface area contributed by atoms with Gasteiger partial charge in [0.1, 0.15) is 0 Å². The Labute approximate surface area is 165 Å². The lowest BCUT2D eigenvalue weighted by molar-refractivity contribution is -0.132. The maximum Gasteiger partial charge on any atom is 0.255 e. The van der Waals surface area contributed by atoms with E-state index in [0.29, 0.717) is 18.2 Å². The molecule has 0 N–H and O–H groups in total. The van der Waals surface area contributed by atoms with Crippen molar-refractivity contribution in [3.8, 4) is 0 Å². The summed E-state index contributed by atoms with van der Waals surface area (Å²) in [6, 6.07) is 3.95. The first-order valence-electron chi connectivity index (χ1n) is 10.1. The summed E-state index contributed by atoms with van der Waals surface area (Å²) in [5, 5.41) is 8.77. The predicted octanol–water partition coefficient (Wildman–Crippen LogP) is 1.58. The van der Waals surface area contributed by atoms with Gasteiger partial charge in [0.25, 0.3) is 5.91 Å². The number of nitrogens with zero attached hydrogens (tertiary/aromatic N) is 6. The lowest BCUT2D eigenvalue weighted by Gasteiger charge is -2.42. The number of piperazine rings is 1. The third-order valence-electron chi connectivity index (χ3n) is 5.90. The third kappa shape index (κ3) is 3.37. The summed E-state index contributed by atoms with van der Waals surface area (Å²) in [6.45, 7) is 9.66. The zero-order valence-electron chi connectivity index (χ0n) is 16.8. The molecular weight excluding hydrogens is 356 g/mol. The van der Waals surface area contributed by atoms with Gasteiger partial charge < -0.3 is 9.80 Å². The molecule has 8 nitrogen and oxygen atoms in total. The third-order valence-corrected chi connectivity index (χ3v) is 5.90. The van der Waals surface area contributed by atoms with E-state index in [4.69, 9.17) is 0 Å². The predicted molar refractivity (Wildman–Crippen MR) is 105 cm³/mol. The molecular formula is C20H28N6O2. The second-order valence-electron chi connectivity index (χ2n) is 8.02. The lowest BCUT2D eigenvalue weighted by atomic mass is 10.1. The molecule has 0 saturated carbocycles. The van der Waals surface area contributed by atoms with E-state index >= 15 is 0 Å². The number of fused-ring (bicyclic) bond motifs is 1. The number of hydrogen-bond donors (Lipinski definition) is 0. The molecule has 0 bridgehead atoms. The zero-order valence-corrected chi connectivity index (χ0v) is 16.8. The molecule has 4 heterocycles. The molecule has 4 rings (SSSR count). The van der Waals surface area contributed by atoms with Crippen LogP contribution in [0.15, 0.2) is 18.3 Å². The molecule has 0 radical (unpaired) electrons. The largest absolute Gasteiger partial charge is 0.340 e. The average Bonchev–Trinajstić information content (AvgIpc) is 3.36. The molecule has 2 aromatic rings. The van der Waals surface area contributed by atoms with Crippen molar-refractivity contribution in [3.05, 3.63) is 29.7 Å². The van der Waals surface area contributed by atoms with Crippen LogP contribution in [0.3, 0.4) is 0 Å². The monoisotopic (exact) mass is 384 g/mol. The summed E-state index contributed by atoms with van der Waals surface area (Å²) in [6.07, 6.45) is 3.99. The second kappa shape index (κ2) is 7.50. The van der Waals surface area contributed by atoms with Crippen LogP contribution in [0.1, 0.15) is 55.8 Å². The van der Waals surface area contributed by atoms with Crippen molar-refractivity contribution in [2.75, 3.05) is 32.7 Å². The highest BCUT2D eigenvalue weighted by Crippen LogP contribution is 2.27. The van der Waals surface area contributed by atoms with Crippen LogP contribution in [-0.4, -0.2) is 79.9 Å². The summed E-state index contributed by atoms with van der Waals surface area (Å²) >= 11 is 0. The normalized spacial score (nSPS) is 21.1. The van der Waals surface area contributed by atoms with Gasteiger partial charge in [-0.2, -0.15) is 0 Å². The minimum atomic E-state index is -0.0511. The van der Waals surface area contributed by atoms with E-state index in [1.165, 1.54) is 0 Å². The Hall–Kier alpha value is -2.48. The average molecular weight is 384 g/mol. The number of hydrogen-bond acceptors (Lipinski definition) is 5. The molecule has 0 aromatic carbocycles. The van der Waals surface area contributed by atoms with E-state index in [0.717, 1.165) is 50.5 Å². The van der Waals surface area contributed by atoms with Crippen molar-refractivity contribution in [1.29, 1.82) is 0 Å². The Morgan fingerprint density at radius 1 is 1.04 bits per heavy atom. The van der Waals surface area contributed by atoms with Gasteiger partial charge in [-0.25, -0.2) is 0 Å². The first kappa shape index (κ1) is 18.9. The number of carbonyl (C=O) groups excluding carboxylic acids is 2. The van der Waals surface area contributed by atoms with Crippen molar-refractivity contribution in [1.82, 2.24) is 29.3 Å². The Balaban J connectivity index is 1.70.